The molecule has 0 saturated carbocycles. The lowest BCUT2D eigenvalue weighted by Gasteiger charge is -2.16. The zero-order valence-corrected chi connectivity index (χ0v) is 8.60. The van der Waals surface area contributed by atoms with E-state index in [4.69, 9.17) is 10.5 Å². The van der Waals surface area contributed by atoms with Crippen molar-refractivity contribution in [2.45, 2.75) is 25.5 Å². The van der Waals surface area contributed by atoms with Gasteiger partial charge in [-0.15, -0.1) is 0 Å². The predicted molar refractivity (Wildman–Crippen MR) is 56.2 cm³/mol. The Morgan fingerprint density at radius 1 is 1.43 bits per heavy atom. The summed E-state index contributed by atoms with van der Waals surface area (Å²) in [4.78, 5) is 0. The second-order valence-corrected chi connectivity index (χ2v) is 3.47. The van der Waals surface area contributed by atoms with Crippen LogP contribution in [-0.2, 0) is 0 Å². The molecule has 3 N–H and O–H groups in total. The minimum Gasteiger partial charge on any atom is -0.496 e. The molecule has 2 atom stereocenters. The third-order valence-corrected chi connectivity index (χ3v) is 2.09. The van der Waals surface area contributed by atoms with Gasteiger partial charge in [-0.3, -0.25) is 0 Å². The molecule has 0 radical (unpaired) electrons. The van der Waals surface area contributed by atoms with E-state index in [9.17, 15) is 5.11 Å². The number of aliphatic hydroxyl groups excluding tert-OH is 1. The van der Waals surface area contributed by atoms with Crippen LogP contribution in [0.3, 0.4) is 0 Å². The lowest BCUT2D eigenvalue weighted by atomic mass is 10.0. The van der Waals surface area contributed by atoms with Gasteiger partial charge in [-0.2, -0.15) is 0 Å². The van der Waals surface area contributed by atoms with Crippen LogP contribution in [0.2, 0.25) is 0 Å². The predicted octanol–water partition coefficient (Wildman–Crippen LogP) is 1.47. The van der Waals surface area contributed by atoms with E-state index in [2.05, 4.69) is 0 Å². The van der Waals surface area contributed by atoms with Gasteiger partial charge in [0.25, 0.3) is 0 Å². The van der Waals surface area contributed by atoms with Crippen molar-refractivity contribution >= 4 is 0 Å². The van der Waals surface area contributed by atoms with Crippen molar-refractivity contribution in [2.24, 2.45) is 5.73 Å². The van der Waals surface area contributed by atoms with Crippen LogP contribution in [0.1, 0.15) is 25.0 Å². The fourth-order valence-corrected chi connectivity index (χ4v) is 1.42. The molecule has 0 aliphatic rings. The first-order chi connectivity index (χ1) is 6.65. The van der Waals surface area contributed by atoms with E-state index in [1.54, 1.807) is 7.11 Å². The summed E-state index contributed by atoms with van der Waals surface area (Å²) < 4.78 is 5.15. The van der Waals surface area contributed by atoms with Crippen LogP contribution in [0, 0.1) is 0 Å². The number of ether oxygens (including phenoxy) is 1. The molecule has 78 valence electrons. The van der Waals surface area contributed by atoms with Crippen molar-refractivity contribution in [2.75, 3.05) is 7.11 Å². The topological polar surface area (TPSA) is 55.5 Å². The largest absolute Gasteiger partial charge is 0.496 e. The van der Waals surface area contributed by atoms with Gasteiger partial charge in [0.1, 0.15) is 5.75 Å². The van der Waals surface area contributed by atoms with Gasteiger partial charge in [0.15, 0.2) is 0 Å². The maximum Gasteiger partial charge on any atom is 0.124 e. The van der Waals surface area contributed by atoms with Crippen molar-refractivity contribution < 1.29 is 9.84 Å². The highest BCUT2D eigenvalue weighted by molar-refractivity contribution is 5.34. The second kappa shape index (κ2) is 4.98. The van der Waals surface area contributed by atoms with E-state index in [1.807, 2.05) is 31.2 Å². The van der Waals surface area contributed by atoms with Crippen molar-refractivity contribution in [3.63, 3.8) is 0 Å². The average Bonchev–Trinajstić information content (AvgIpc) is 2.16. The van der Waals surface area contributed by atoms with Crippen LogP contribution in [0.5, 0.6) is 5.75 Å². The molecule has 14 heavy (non-hydrogen) atoms. The van der Waals surface area contributed by atoms with E-state index in [0.29, 0.717) is 12.2 Å². The van der Waals surface area contributed by atoms with E-state index in [-0.39, 0.29) is 6.04 Å². The Hall–Kier alpha value is -1.06. The first-order valence-corrected chi connectivity index (χ1v) is 4.71. The molecule has 1 rings (SSSR count). The van der Waals surface area contributed by atoms with Crippen molar-refractivity contribution in [3.8, 4) is 5.75 Å². The highest BCUT2D eigenvalue weighted by Gasteiger charge is 2.13. The molecule has 0 amide bonds. The summed E-state index contributed by atoms with van der Waals surface area (Å²) in [5, 5.41) is 9.84. The van der Waals surface area contributed by atoms with Gasteiger partial charge in [0, 0.05) is 11.6 Å². The maximum absolute atomic E-state index is 9.84. The lowest BCUT2D eigenvalue weighted by Crippen LogP contribution is -2.18. The molecule has 0 fully saturated rings. The lowest BCUT2D eigenvalue weighted by molar-refractivity contribution is 0.156. The summed E-state index contributed by atoms with van der Waals surface area (Å²) in [5.41, 5.74) is 6.42. The molecule has 0 aliphatic carbocycles. The van der Waals surface area contributed by atoms with Gasteiger partial charge in [-0.1, -0.05) is 18.2 Å². The maximum atomic E-state index is 9.84. The van der Waals surface area contributed by atoms with Crippen LogP contribution >= 0.6 is 0 Å². The van der Waals surface area contributed by atoms with Crippen molar-refractivity contribution in [3.05, 3.63) is 29.8 Å². The Morgan fingerprint density at radius 2 is 2.07 bits per heavy atom. The molecule has 3 nitrogen and oxygen atoms in total. The van der Waals surface area contributed by atoms with Gasteiger partial charge in [-0.25, -0.2) is 0 Å². The highest BCUT2D eigenvalue weighted by Crippen LogP contribution is 2.27. The van der Waals surface area contributed by atoms with Gasteiger partial charge in [-0.05, 0) is 19.4 Å². The minimum absolute atomic E-state index is 0.0186. The third-order valence-electron chi connectivity index (χ3n) is 2.09. The van der Waals surface area contributed by atoms with E-state index in [1.165, 1.54) is 0 Å². The summed E-state index contributed by atoms with van der Waals surface area (Å²) in [6.07, 6.45) is -0.00782. The van der Waals surface area contributed by atoms with Crippen molar-refractivity contribution in [1.29, 1.82) is 0 Å². The molecule has 0 bridgehead atoms. The van der Waals surface area contributed by atoms with Gasteiger partial charge in [0.05, 0.1) is 13.2 Å². The minimum atomic E-state index is -0.550. The SMILES string of the molecule is COc1ccccc1C(O)CC(C)N. The highest BCUT2D eigenvalue weighted by atomic mass is 16.5. The quantitative estimate of drug-likeness (QED) is 0.764. The van der Waals surface area contributed by atoms with Crippen LogP contribution in [0.15, 0.2) is 24.3 Å². The first-order valence-electron chi connectivity index (χ1n) is 4.71. The first kappa shape index (κ1) is 11.0. The van der Waals surface area contributed by atoms with Gasteiger partial charge in [0.2, 0.25) is 0 Å². The molecule has 2 unspecified atom stereocenters. The molecule has 0 aromatic heterocycles. The Bertz CT molecular complexity index is 286. The number of methoxy groups -OCH3 is 1. The molecule has 0 heterocycles. The van der Waals surface area contributed by atoms with E-state index < -0.39 is 6.10 Å². The Kier molecular flexibility index (Phi) is 3.92. The third kappa shape index (κ3) is 2.72. The Labute approximate surface area is 84.5 Å². The molecule has 0 aliphatic heterocycles. The molecule has 1 aromatic rings. The summed E-state index contributed by atoms with van der Waals surface area (Å²) in [6, 6.07) is 7.42. The molecule has 0 saturated heterocycles. The number of nitrogens with two attached hydrogens (primary N) is 1. The van der Waals surface area contributed by atoms with E-state index >= 15 is 0 Å². The fraction of sp³-hybridized carbons (Fsp3) is 0.455. The number of hydrogen-bond acceptors (Lipinski definition) is 3. The average molecular weight is 195 g/mol. The van der Waals surface area contributed by atoms with Crippen LogP contribution < -0.4 is 10.5 Å². The zero-order chi connectivity index (χ0) is 10.6. The fourth-order valence-electron chi connectivity index (χ4n) is 1.42. The standard InChI is InChI=1S/C11H17NO2/c1-8(12)7-10(13)9-5-3-4-6-11(9)14-2/h3-6,8,10,13H,7,12H2,1-2H3. The number of hydrogen-bond donors (Lipinski definition) is 2. The Morgan fingerprint density at radius 3 is 2.64 bits per heavy atom. The molecule has 1 aromatic carbocycles. The molecule has 3 heteroatoms. The number of rotatable bonds is 4. The van der Waals surface area contributed by atoms with Crippen LogP contribution in [-0.4, -0.2) is 18.3 Å². The van der Waals surface area contributed by atoms with Crippen LogP contribution in [0.4, 0.5) is 0 Å². The molecular weight excluding hydrogens is 178 g/mol. The second-order valence-electron chi connectivity index (χ2n) is 3.47. The monoisotopic (exact) mass is 195 g/mol. The van der Waals surface area contributed by atoms with Gasteiger partial charge >= 0.3 is 0 Å². The summed E-state index contributed by atoms with van der Waals surface area (Å²) in [6.45, 7) is 1.87. The van der Waals surface area contributed by atoms with Gasteiger partial charge < -0.3 is 15.6 Å². The molecular formula is C11H17NO2. The summed E-state index contributed by atoms with van der Waals surface area (Å²) in [7, 11) is 1.59. The normalized spacial score (nSPS) is 14.9. The Balaban J connectivity index is 2.82. The summed E-state index contributed by atoms with van der Waals surface area (Å²) >= 11 is 0. The smallest absolute Gasteiger partial charge is 0.124 e. The van der Waals surface area contributed by atoms with Crippen molar-refractivity contribution in [1.82, 2.24) is 0 Å². The number of benzene rings is 1. The van der Waals surface area contributed by atoms with E-state index in [0.717, 1.165) is 5.56 Å². The van der Waals surface area contributed by atoms with Crippen LogP contribution in [0.25, 0.3) is 0 Å². The number of para-hydroxylation sites is 1. The summed E-state index contributed by atoms with van der Waals surface area (Å²) in [5.74, 6) is 0.709. The molecule has 0 spiro atoms. The zero-order valence-electron chi connectivity index (χ0n) is 8.60. The number of aliphatic hydroxyl groups is 1.